The van der Waals surface area contributed by atoms with Crippen molar-refractivity contribution in [2.75, 3.05) is 31.1 Å². The van der Waals surface area contributed by atoms with E-state index < -0.39 is 15.8 Å². The first-order valence-corrected chi connectivity index (χ1v) is 9.90. The normalized spacial score (nSPS) is 16.1. The Morgan fingerprint density at radius 1 is 0.846 bits per heavy atom. The highest BCUT2D eigenvalue weighted by molar-refractivity contribution is 7.89. The number of para-hydroxylation sites is 1. The van der Waals surface area contributed by atoms with Gasteiger partial charge in [-0.05, 0) is 36.4 Å². The van der Waals surface area contributed by atoms with Crippen molar-refractivity contribution in [2.24, 2.45) is 0 Å². The van der Waals surface area contributed by atoms with Crippen LogP contribution in [0.25, 0.3) is 10.9 Å². The van der Waals surface area contributed by atoms with Gasteiger partial charge in [0.2, 0.25) is 10.0 Å². The number of hydrogen-bond donors (Lipinski definition) is 0. The van der Waals surface area contributed by atoms with Crippen molar-refractivity contribution >= 4 is 26.7 Å². The van der Waals surface area contributed by atoms with E-state index in [9.17, 15) is 12.8 Å². The Hall–Kier alpha value is -2.51. The molecule has 1 aromatic heterocycles. The van der Waals surface area contributed by atoms with E-state index in [2.05, 4.69) is 16.0 Å². The lowest BCUT2D eigenvalue weighted by atomic mass is 10.2. The van der Waals surface area contributed by atoms with Gasteiger partial charge in [-0.3, -0.25) is 4.90 Å². The highest BCUT2D eigenvalue weighted by Crippen LogP contribution is 2.20. The maximum atomic E-state index is 13.0. The quantitative estimate of drug-likeness (QED) is 0.709. The molecule has 0 saturated carbocycles. The van der Waals surface area contributed by atoms with Gasteiger partial charge in [-0.1, -0.05) is 18.2 Å². The van der Waals surface area contributed by atoms with E-state index in [1.807, 2.05) is 30.3 Å². The summed E-state index contributed by atoms with van der Waals surface area (Å²) in [6, 6.07) is 17.1. The summed E-state index contributed by atoms with van der Waals surface area (Å²) in [7, 11) is -3.59. The average Bonchev–Trinajstić information content (AvgIpc) is 2.68. The van der Waals surface area contributed by atoms with Crippen LogP contribution in [0.5, 0.6) is 0 Å². The number of H-pyrrole nitrogens is 1. The summed E-state index contributed by atoms with van der Waals surface area (Å²) >= 11 is 0. The molecule has 1 aliphatic heterocycles. The maximum Gasteiger partial charge on any atom is 0.274 e. The molecule has 1 N–H and O–H groups in total. The summed E-state index contributed by atoms with van der Waals surface area (Å²) in [6.07, 6.45) is 0. The summed E-state index contributed by atoms with van der Waals surface area (Å²) in [4.78, 5) is 5.68. The molecule has 4 rings (SSSR count). The summed E-state index contributed by atoms with van der Waals surface area (Å²) in [5.74, 6) is 0.531. The van der Waals surface area contributed by atoms with Crippen LogP contribution >= 0.6 is 0 Å². The van der Waals surface area contributed by atoms with Crippen molar-refractivity contribution < 1.29 is 17.8 Å². The van der Waals surface area contributed by atoms with Gasteiger partial charge in [-0.15, -0.1) is 0 Å². The third-order valence-electron chi connectivity index (χ3n) is 4.68. The van der Waals surface area contributed by atoms with Crippen molar-refractivity contribution in [1.82, 2.24) is 4.31 Å². The minimum absolute atomic E-state index is 0.129. The monoisotopic (exact) mass is 372 g/mol. The molecular formula is C19H19FN3O2S+. The maximum absolute atomic E-state index is 13.0. The number of sulfonamides is 1. The second-order valence-corrected chi connectivity index (χ2v) is 8.21. The fraction of sp³-hybridized carbons (Fsp3) is 0.211. The first-order chi connectivity index (χ1) is 12.5. The SMILES string of the molecule is O=S(=O)(c1ccc(F)cc1)N1CCN(c2ccc3ccccc3[nH+]2)CC1. The Balaban J connectivity index is 1.50. The fourth-order valence-electron chi connectivity index (χ4n) is 3.21. The molecule has 3 aromatic rings. The highest BCUT2D eigenvalue weighted by atomic mass is 32.2. The Morgan fingerprint density at radius 2 is 1.54 bits per heavy atom. The van der Waals surface area contributed by atoms with Crippen molar-refractivity contribution in [1.29, 1.82) is 0 Å². The first kappa shape index (κ1) is 16.9. The largest absolute Gasteiger partial charge is 0.274 e. The molecule has 0 radical (unpaired) electrons. The predicted octanol–water partition coefficient (Wildman–Crippen LogP) is 2.30. The van der Waals surface area contributed by atoms with Crippen LogP contribution in [0.15, 0.2) is 65.6 Å². The summed E-state index contributed by atoms with van der Waals surface area (Å²) < 4.78 is 39.9. The number of aromatic amines is 1. The van der Waals surface area contributed by atoms with E-state index >= 15 is 0 Å². The van der Waals surface area contributed by atoms with E-state index in [1.54, 1.807) is 0 Å². The van der Waals surface area contributed by atoms with Gasteiger partial charge >= 0.3 is 0 Å². The molecule has 2 aromatic carbocycles. The summed E-state index contributed by atoms with van der Waals surface area (Å²) in [6.45, 7) is 1.96. The van der Waals surface area contributed by atoms with E-state index in [1.165, 1.54) is 28.6 Å². The Morgan fingerprint density at radius 3 is 2.27 bits per heavy atom. The molecule has 1 aliphatic rings. The summed E-state index contributed by atoms with van der Waals surface area (Å²) in [5.41, 5.74) is 1.05. The highest BCUT2D eigenvalue weighted by Gasteiger charge is 2.31. The van der Waals surface area contributed by atoms with Gasteiger partial charge in [0.15, 0.2) is 0 Å². The van der Waals surface area contributed by atoms with Gasteiger partial charge in [-0.2, -0.15) is 4.31 Å². The van der Waals surface area contributed by atoms with Crippen LogP contribution in [0, 0.1) is 5.82 Å². The zero-order valence-corrected chi connectivity index (χ0v) is 14.9. The molecule has 0 atom stereocenters. The van der Waals surface area contributed by atoms with Gasteiger partial charge < -0.3 is 0 Å². The topological polar surface area (TPSA) is 54.8 Å². The number of hydrogen-bond acceptors (Lipinski definition) is 3. The van der Waals surface area contributed by atoms with Gasteiger partial charge in [0.05, 0.1) is 31.1 Å². The van der Waals surface area contributed by atoms with Crippen molar-refractivity contribution in [3.63, 3.8) is 0 Å². The second-order valence-electron chi connectivity index (χ2n) is 6.28. The predicted molar refractivity (Wildman–Crippen MR) is 97.9 cm³/mol. The van der Waals surface area contributed by atoms with Gasteiger partial charge in [0.1, 0.15) is 11.3 Å². The average molecular weight is 372 g/mol. The Bertz CT molecular complexity index is 1030. The molecule has 0 spiro atoms. The smallest absolute Gasteiger partial charge is 0.259 e. The van der Waals surface area contributed by atoms with Crippen molar-refractivity contribution in [2.45, 2.75) is 4.90 Å². The first-order valence-electron chi connectivity index (χ1n) is 8.46. The molecular weight excluding hydrogens is 353 g/mol. The van der Waals surface area contributed by atoms with Crippen LogP contribution in [0.2, 0.25) is 0 Å². The van der Waals surface area contributed by atoms with Crippen LogP contribution in [0.4, 0.5) is 10.2 Å². The molecule has 0 amide bonds. The molecule has 134 valence electrons. The van der Waals surface area contributed by atoms with Crippen LogP contribution in [0.1, 0.15) is 0 Å². The number of nitrogens with zero attached hydrogens (tertiary/aromatic N) is 2. The number of piperazine rings is 1. The lowest BCUT2D eigenvalue weighted by Crippen LogP contribution is -2.49. The molecule has 2 heterocycles. The summed E-state index contributed by atoms with van der Waals surface area (Å²) in [5, 5.41) is 1.13. The fourth-order valence-corrected chi connectivity index (χ4v) is 4.64. The number of rotatable bonds is 3. The van der Waals surface area contributed by atoms with Crippen LogP contribution < -0.4 is 9.88 Å². The minimum atomic E-state index is -3.59. The molecule has 0 bridgehead atoms. The molecule has 5 nitrogen and oxygen atoms in total. The number of benzene rings is 2. The lowest BCUT2D eigenvalue weighted by Gasteiger charge is -2.30. The van der Waals surface area contributed by atoms with Crippen LogP contribution in [0.3, 0.4) is 0 Å². The second kappa shape index (κ2) is 6.66. The number of pyridine rings is 1. The Kier molecular flexibility index (Phi) is 4.34. The van der Waals surface area contributed by atoms with Crippen LogP contribution in [-0.2, 0) is 10.0 Å². The third-order valence-corrected chi connectivity index (χ3v) is 6.59. The number of aromatic nitrogens is 1. The number of anilines is 1. The van der Waals surface area contributed by atoms with Gasteiger partial charge in [0.25, 0.3) is 5.82 Å². The zero-order valence-electron chi connectivity index (χ0n) is 14.1. The molecule has 7 heteroatoms. The molecule has 0 unspecified atom stereocenters. The molecule has 1 saturated heterocycles. The van der Waals surface area contributed by atoms with E-state index in [0.717, 1.165) is 16.7 Å². The third kappa shape index (κ3) is 3.15. The van der Waals surface area contributed by atoms with E-state index in [0.29, 0.717) is 26.2 Å². The van der Waals surface area contributed by atoms with E-state index in [4.69, 9.17) is 0 Å². The Labute approximate surface area is 151 Å². The van der Waals surface area contributed by atoms with Crippen LogP contribution in [-0.4, -0.2) is 38.9 Å². The standard InChI is InChI=1S/C19H18FN3O2S/c20-16-6-8-17(9-7-16)26(24,25)23-13-11-22(12-14-23)19-10-5-15-3-1-2-4-18(15)21-19/h1-10H,11-14H2/p+1. The van der Waals surface area contributed by atoms with E-state index in [-0.39, 0.29) is 4.90 Å². The van der Waals surface area contributed by atoms with Gasteiger partial charge in [-0.25, -0.2) is 17.8 Å². The molecule has 26 heavy (non-hydrogen) atoms. The number of fused-ring (bicyclic) bond motifs is 1. The van der Waals surface area contributed by atoms with Gasteiger partial charge in [0, 0.05) is 11.5 Å². The minimum Gasteiger partial charge on any atom is -0.259 e. The van der Waals surface area contributed by atoms with Crippen molar-refractivity contribution in [3.8, 4) is 0 Å². The zero-order chi connectivity index (χ0) is 18.1. The lowest BCUT2D eigenvalue weighted by molar-refractivity contribution is -0.330. The number of halogens is 1. The van der Waals surface area contributed by atoms with Crippen molar-refractivity contribution in [3.05, 3.63) is 66.5 Å². The molecule has 1 fully saturated rings. The number of nitrogens with one attached hydrogen (secondary N) is 1. The molecule has 0 aliphatic carbocycles.